The lowest BCUT2D eigenvalue weighted by Crippen LogP contribution is -3.00. The van der Waals surface area contributed by atoms with Crippen LogP contribution in [0.4, 0.5) is 5.82 Å². The Balaban J connectivity index is 0.00000216. The van der Waals surface area contributed by atoms with Crippen molar-refractivity contribution in [3.63, 3.8) is 0 Å². The molecule has 1 N–H and O–H groups in total. The van der Waals surface area contributed by atoms with Crippen LogP contribution in [0.3, 0.4) is 0 Å². The third-order valence-corrected chi connectivity index (χ3v) is 5.24. The molecule has 3 aromatic rings. The molecule has 1 fully saturated rings. The van der Waals surface area contributed by atoms with Crippen LogP contribution in [0.15, 0.2) is 66.1 Å². The first kappa shape index (κ1) is 28.8. The Morgan fingerprint density at radius 2 is 1.74 bits per heavy atom. The molecule has 0 spiro atoms. The minimum Gasteiger partial charge on any atom is -1.00 e. The molecule has 1 amide bonds. The standard InChI is InChI=1S/C23H24N5O5.2HI/c1-26-10-3-5-16(13-26)21(29)24-19-9-12-28(23(31)25-19)20-8-7-18(33-20)15-32-22(30)17-6-4-11-27(2)14-17;;/h3-6,9-14,18,20H,7-8,15H2,1-2H3;2*1H/q+1;;/p-1/t18-,20+;;/m0../s1. The zero-order chi connectivity index (χ0) is 23.4. The van der Waals surface area contributed by atoms with Gasteiger partial charge in [0.2, 0.25) is 0 Å². The largest absolute Gasteiger partial charge is 1.00 e. The van der Waals surface area contributed by atoms with Crippen molar-refractivity contribution in [3.05, 3.63) is 82.9 Å². The molecule has 10 nitrogen and oxygen atoms in total. The number of anilines is 1. The highest BCUT2D eigenvalue weighted by Crippen LogP contribution is 2.27. The molecule has 0 aliphatic carbocycles. The molecule has 4 heterocycles. The molecule has 0 aromatic carbocycles. The number of hydrogen-bond donors (Lipinski definition) is 1. The molecule has 4 rings (SSSR count). The number of aryl methyl sites for hydroxylation is 2. The van der Waals surface area contributed by atoms with E-state index in [1.165, 1.54) is 4.57 Å². The van der Waals surface area contributed by atoms with Crippen molar-refractivity contribution in [2.45, 2.75) is 25.2 Å². The van der Waals surface area contributed by atoms with Crippen molar-refractivity contribution in [1.82, 2.24) is 9.55 Å². The van der Waals surface area contributed by atoms with Crippen molar-refractivity contribution >= 4 is 17.7 Å². The predicted octanol–water partition coefficient (Wildman–Crippen LogP) is -5.31. The number of pyridine rings is 2. The number of esters is 1. The van der Waals surface area contributed by atoms with E-state index in [0.29, 0.717) is 24.0 Å². The number of hydrogen-bond acceptors (Lipinski definition) is 6. The first-order valence-electron chi connectivity index (χ1n) is 10.5. The van der Waals surface area contributed by atoms with Crippen LogP contribution in [-0.2, 0) is 23.6 Å². The van der Waals surface area contributed by atoms with E-state index in [0.717, 1.165) is 0 Å². The lowest BCUT2D eigenvalue weighted by atomic mass is 10.2. The smallest absolute Gasteiger partial charge is 0.351 e. The molecule has 1 saturated heterocycles. The van der Waals surface area contributed by atoms with Gasteiger partial charge in [0.15, 0.2) is 24.8 Å². The average Bonchev–Trinajstić information content (AvgIpc) is 3.26. The summed E-state index contributed by atoms with van der Waals surface area (Å²) in [6.07, 6.45) is 8.92. The highest BCUT2D eigenvalue weighted by Gasteiger charge is 2.29. The average molecular weight is 705 g/mol. The van der Waals surface area contributed by atoms with E-state index in [9.17, 15) is 14.4 Å². The van der Waals surface area contributed by atoms with Crippen molar-refractivity contribution in [1.29, 1.82) is 0 Å². The van der Waals surface area contributed by atoms with Gasteiger partial charge in [-0.05, 0) is 31.0 Å². The fourth-order valence-corrected chi connectivity index (χ4v) is 3.59. The van der Waals surface area contributed by atoms with Gasteiger partial charge in [-0.2, -0.15) is 4.98 Å². The van der Waals surface area contributed by atoms with Gasteiger partial charge in [-0.25, -0.2) is 18.7 Å². The molecule has 12 heteroatoms. The van der Waals surface area contributed by atoms with Crippen molar-refractivity contribution in [3.8, 4) is 0 Å². The van der Waals surface area contributed by atoms with Crippen molar-refractivity contribution in [2.24, 2.45) is 14.1 Å². The van der Waals surface area contributed by atoms with Crippen LogP contribution in [0.25, 0.3) is 0 Å². The Hall–Kier alpha value is -2.46. The van der Waals surface area contributed by atoms with Crippen LogP contribution in [0.2, 0.25) is 0 Å². The Bertz CT molecular complexity index is 1250. The molecule has 3 aromatic heterocycles. The summed E-state index contributed by atoms with van der Waals surface area (Å²) in [4.78, 5) is 41.1. The Kier molecular flexibility index (Phi) is 10.7. The molecular formula is C23H25I2N5O5. The van der Waals surface area contributed by atoms with E-state index in [4.69, 9.17) is 9.47 Å². The number of ether oxygens (including phenoxy) is 2. The van der Waals surface area contributed by atoms with E-state index >= 15 is 0 Å². The van der Waals surface area contributed by atoms with Crippen LogP contribution in [-0.4, -0.2) is 34.1 Å². The normalized spacial score (nSPS) is 16.5. The third kappa shape index (κ3) is 7.51. The highest BCUT2D eigenvalue weighted by atomic mass is 127. The maximum absolute atomic E-state index is 12.5. The van der Waals surface area contributed by atoms with Gasteiger partial charge in [-0.3, -0.25) is 9.36 Å². The summed E-state index contributed by atoms with van der Waals surface area (Å²) >= 11 is 0. The molecule has 0 bridgehead atoms. The van der Waals surface area contributed by atoms with Gasteiger partial charge in [-0.15, -0.1) is 0 Å². The van der Waals surface area contributed by atoms with Crippen LogP contribution in [0, 0.1) is 0 Å². The summed E-state index contributed by atoms with van der Waals surface area (Å²) in [6.45, 7) is 0.0960. The van der Waals surface area contributed by atoms with Gasteiger partial charge in [0.25, 0.3) is 5.91 Å². The number of amides is 1. The fourth-order valence-electron chi connectivity index (χ4n) is 3.59. The monoisotopic (exact) mass is 705 g/mol. The maximum atomic E-state index is 12.5. The molecule has 0 saturated carbocycles. The molecule has 2 atom stereocenters. The lowest BCUT2D eigenvalue weighted by Gasteiger charge is -2.16. The molecule has 1 aliphatic heterocycles. The number of rotatable bonds is 6. The van der Waals surface area contributed by atoms with Gasteiger partial charge in [0.1, 0.15) is 43.9 Å². The van der Waals surface area contributed by atoms with Crippen LogP contribution in [0.1, 0.15) is 39.8 Å². The Morgan fingerprint density at radius 1 is 1.09 bits per heavy atom. The second-order valence-corrected chi connectivity index (χ2v) is 7.86. The summed E-state index contributed by atoms with van der Waals surface area (Å²) in [7, 11) is 3.64. The topological polar surface area (TPSA) is 107 Å². The highest BCUT2D eigenvalue weighted by molar-refractivity contribution is 6.03. The summed E-state index contributed by atoms with van der Waals surface area (Å²) in [5.74, 6) is -0.627. The van der Waals surface area contributed by atoms with E-state index in [-0.39, 0.29) is 72.4 Å². The molecule has 186 valence electrons. The zero-order valence-corrected chi connectivity index (χ0v) is 23.5. The van der Waals surface area contributed by atoms with Gasteiger partial charge in [0.05, 0.1) is 6.10 Å². The Labute approximate surface area is 236 Å². The number of halogens is 2. The first-order chi connectivity index (χ1) is 15.9. The molecular weight excluding hydrogens is 680 g/mol. The summed E-state index contributed by atoms with van der Waals surface area (Å²) in [5.41, 5.74) is 0.370. The first-order valence-corrected chi connectivity index (χ1v) is 10.5. The maximum Gasteiger partial charge on any atom is 0.351 e. The van der Waals surface area contributed by atoms with Crippen molar-refractivity contribution < 1.29 is 76.2 Å². The lowest BCUT2D eigenvalue weighted by molar-refractivity contribution is -0.671. The van der Waals surface area contributed by atoms with E-state index in [2.05, 4.69) is 10.3 Å². The van der Waals surface area contributed by atoms with E-state index < -0.39 is 17.9 Å². The molecule has 1 aliphatic rings. The Morgan fingerprint density at radius 3 is 2.40 bits per heavy atom. The van der Waals surface area contributed by atoms with Gasteiger partial charge in [-0.1, -0.05) is 0 Å². The van der Waals surface area contributed by atoms with Crippen molar-refractivity contribution in [2.75, 3.05) is 11.9 Å². The summed E-state index contributed by atoms with van der Waals surface area (Å²) in [6, 6.07) is 8.43. The summed E-state index contributed by atoms with van der Waals surface area (Å²) < 4.78 is 16.2. The second kappa shape index (κ2) is 13.0. The van der Waals surface area contributed by atoms with Gasteiger partial charge >= 0.3 is 11.7 Å². The summed E-state index contributed by atoms with van der Waals surface area (Å²) in [5, 5.41) is 2.63. The van der Waals surface area contributed by atoms with Gasteiger partial charge in [0, 0.05) is 18.3 Å². The predicted molar refractivity (Wildman–Crippen MR) is 115 cm³/mol. The number of carbonyl (C=O) groups is 2. The minimum absolute atomic E-state index is 0. The van der Waals surface area contributed by atoms with Crippen LogP contribution < -0.4 is 68.1 Å². The molecule has 0 unspecified atom stereocenters. The number of carbonyl (C=O) groups excluding carboxylic acids is 2. The quantitative estimate of drug-likeness (QED) is 0.156. The fraction of sp³-hybridized carbons (Fsp3) is 0.304. The number of aromatic nitrogens is 4. The molecule has 0 radical (unpaired) electrons. The SMILES string of the molecule is C[n+]1cccc(C(=O)Nc2ccn([C@H]3CC[C@@H](COC(=O)c4ccc[n+](C)c4)O3)c(=O)n2)c1.[I-].[I-]. The number of nitrogens with one attached hydrogen (secondary N) is 1. The molecule has 35 heavy (non-hydrogen) atoms. The second-order valence-electron chi connectivity index (χ2n) is 7.86. The van der Waals surface area contributed by atoms with E-state index in [1.807, 2.05) is 26.5 Å². The number of nitrogens with zero attached hydrogens (tertiary/aromatic N) is 4. The zero-order valence-electron chi connectivity index (χ0n) is 19.1. The minimum atomic E-state index is -0.536. The van der Waals surface area contributed by atoms with E-state index in [1.54, 1.807) is 58.1 Å². The van der Waals surface area contributed by atoms with Gasteiger partial charge < -0.3 is 62.7 Å². The van der Waals surface area contributed by atoms with Crippen LogP contribution >= 0.6 is 0 Å². The van der Waals surface area contributed by atoms with Crippen LogP contribution in [0.5, 0.6) is 0 Å². The third-order valence-electron chi connectivity index (χ3n) is 5.24.